The van der Waals surface area contributed by atoms with Crippen molar-refractivity contribution < 1.29 is 23.7 Å². The molecule has 0 aliphatic carbocycles. The van der Waals surface area contributed by atoms with Crippen LogP contribution in [-0.4, -0.2) is 64.2 Å². The molecule has 0 aromatic carbocycles. The van der Waals surface area contributed by atoms with Gasteiger partial charge in [0.15, 0.2) is 6.29 Å². The summed E-state index contributed by atoms with van der Waals surface area (Å²) in [5.41, 5.74) is 9.01. The second kappa shape index (κ2) is 15.1. The Morgan fingerprint density at radius 3 is 2.07 bits per heavy atom. The number of nitrogens with zero attached hydrogens (tertiary/aromatic N) is 3. The predicted molar refractivity (Wildman–Crippen MR) is 104 cm³/mol. The topological polar surface area (TPSA) is 94.9 Å². The first-order valence-corrected chi connectivity index (χ1v) is 10.3. The van der Waals surface area contributed by atoms with Crippen molar-refractivity contribution in [1.82, 2.24) is 0 Å². The van der Waals surface area contributed by atoms with E-state index in [-0.39, 0.29) is 12.2 Å². The molecule has 0 spiro atoms. The van der Waals surface area contributed by atoms with E-state index in [9.17, 15) is 0 Å². The molecule has 5 atom stereocenters. The highest BCUT2D eigenvalue weighted by atomic mass is 16.7. The van der Waals surface area contributed by atoms with E-state index >= 15 is 0 Å². The van der Waals surface area contributed by atoms with E-state index in [0.29, 0.717) is 26.4 Å². The summed E-state index contributed by atoms with van der Waals surface area (Å²) >= 11 is 0. The van der Waals surface area contributed by atoms with Crippen molar-refractivity contribution in [3.05, 3.63) is 10.4 Å². The van der Waals surface area contributed by atoms with Crippen molar-refractivity contribution in [1.29, 1.82) is 0 Å². The molecule has 158 valence electrons. The van der Waals surface area contributed by atoms with Crippen LogP contribution in [0, 0.1) is 0 Å². The average Bonchev–Trinajstić information content (AvgIpc) is 2.68. The molecule has 1 fully saturated rings. The highest BCUT2D eigenvalue weighted by Crippen LogP contribution is 2.29. The molecule has 0 unspecified atom stereocenters. The summed E-state index contributed by atoms with van der Waals surface area (Å²) in [7, 11) is 1.54. The van der Waals surface area contributed by atoms with Crippen LogP contribution in [0.15, 0.2) is 5.11 Å². The van der Waals surface area contributed by atoms with Crippen LogP contribution >= 0.6 is 0 Å². The third-order valence-electron chi connectivity index (χ3n) is 4.57. The van der Waals surface area contributed by atoms with Gasteiger partial charge in [-0.3, -0.25) is 0 Å². The summed E-state index contributed by atoms with van der Waals surface area (Å²) in [5.74, 6) is 0. The first kappa shape index (κ1) is 24.1. The lowest BCUT2D eigenvalue weighted by Crippen LogP contribution is -2.60. The molecule has 1 rings (SSSR count). The van der Waals surface area contributed by atoms with E-state index in [1.165, 1.54) is 0 Å². The summed E-state index contributed by atoms with van der Waals surface area (Å²) in [5, 5.41) is 3.90. The maximum absolute atomic E-state index is 9.01. The number of unbranched alkanes of at least 4 members (excludes halogenated alkanes) is 3. The Bertz CT molecular complexity index is 420. The van der Waals surface area contributed by atoms with Gasteiger partial charge < -0.3 is 23.7 Å². The second-order valence-electron chi connectivity index (χ2n) is 6.78. The van der Waals surface area contributed by atoms with Crippen LogP contribution < -0.4 is 0 Å². The van der Waals surface area contributed by atoms with Crippen molar-refractivity contribution in [2.24, 2.45) is 5.11 Å². The molecular weight excluding hydrogens is 350 g/mol. The molecule has 1 saturated heterocycles. The Morgan fingerprint density at radius 2 is 1.52 bits per heavy atom. The minimum atomic E-state index is -0.682. The van der Waals surface area contributed by atoms with E-state index in [4.69, 9.17) is 29.2 Å². The Labute approximate surface area is 163 Å². The lowest BCUT2D eigenvalue weighted by molar-refractivity contribution is -0.276. The van der Waals surface area contributed by atoms with E-state index in [2.05, 4.69) is 30.8 Å². The van der Waals surface area contributed by atoms with Gasteiger partial charge in [0.25, 0.3) is 0 Å². The maximum atomic E-state index is 9.01. The molecule has 1 aliphatic heterocycles. The first-order chi connectivity index (χ1) is 13.2. The summed E-state index contributed by atoms with van der Waals surface area (Å²) in [6.07, 6.45) is 4.20. The fourth-order valence-electron chi connectivity index (χ4n) is 2.97. The van der Waals surface area contributed by atoms with Gasteiger partial charge in [-0.2, -0.15) is 0 Å². The van der Waals surface area contributed by atoms with Gasteiger partial charge in [0.05, 0.1) is 12.7 Å². The molecule has 1 heterocycles. The van der Waals surface area contributed by atoms with Gasteiger partial charge in [0.2, 0.25) is 0 Å². The Hall–Kier alpha value is -0.890. The van der Waals surface area contributed by atoms with Crippen molar-refractivity contribution in [3.63, 3.8) is 0 Å². The average molecular weight is 388 g/mol. The predicted octanol–water partition coefficient (Wildman–Crippen LogP) is 4.22. The monoisotopic (exact) mass is 387 g/mol. The summed E-state index contributed by atoms with van der Waals surface area (Å²) in [4.78, 5) is 2.98. The smallest absolute Gasteiger partial charge is 0.168 e. The van der Waals surface area contributed by atoms with Crippen LogP contribution in [0.4, 0.5) is 0 Å². The normalized spacial score (nSPS) is 28.1. The number of ether oxygens (including phenoxy) is 5. The highest BCUT2D eigenvalue weighted by molar-refractivity contribution is 4.96. The molecule has 8 heteroatoms. The molecule has 0 amide bonds. The third-order valence-corrected chi connectivity index (χ3v) is 4.57. The molecule has 0 bridgehead atoms. The molecule has 8 nitrogen and oxygen atoms in total. The van der Waals surface area contributed by atoms with Crippen molar-refractivity contribution in [3.8, 4) is 0 Å². The fraction of sp³-hybridized carbons (Fsp3) is 1.00. The Kier molecular flexibility index (Phi) is 13.5. The third kappa shape index (κ3) is 8.34. The second-order valence-corrected chi connectivity index (χ2v) is 6.78. The van der Waals surface area contributed by atoms with E-state index < -0.39 is 18.4 Å². The number of rotatable bonds is 15. The van der Waals surface area contributed by atoms with Crippen LogP contribution in [0.3, 0.4) is 0 Å². The lowest BCUT2D eigenvalue weighted by Gasteiger charge is -2.44. The number of azide groups is 1. The summed E-state index contributed by atoms with van der Waals surface area (Å²) < 4.78 is 29.5. The molecule has 27 heavy (non-hydrogen) atoms. The number of hydrogen-bond donors (Lipinski definition) is 0. The minimum absolute atomic E-state index is 0.333. The zero-order valence-corrected chi connectivity index (χ0v) is 17.3. The Morgan fingerprint density at radius 1 is 0.926 bits per heavy atom. The number of methoxy groups -OCH3 is 1. The van der Waals surface area contributed by atoms with Gasteiger partial charge in [-0.15, -0.1) is 0 Å². The quantitative estimate of drug-likeness (QED) is 0.181. The zero-order chi connectivity index (χ0) is 19.9. The molecule has 0 radical (unpaired) electrons. The standard InChI is InChI=1S/C19H37N3O5/c1-5-8-11-24-14-15-17(25-12-9-6-2)18(26-13-10-7-3)16(21-22-20)19(23-4)27-15/h15-19H,5-14H2,1-4H3/t15-,16+,17+,18-,19-/m1/s1. The zero-order valence-electron chi connectivity index (χ0n) is 17.3. The van der Waals surface area contributed by atoms with Crippen LogP contribution in [0.5, 0.6) is 0 Å². The lowest BCUT2D eigenvalue weighted by atomic mass is 9.96. The van der Waals surface area contributed by atoms with Gasteiger partial charge >= 0.3 is 0 Å². The van der Waals surface area contributed by atoms with Gasteiger partial charge in [0, 0.05) is 31.8 Å². The van der Waals surface area contributed by atoms with Gasteiger partial charge in [-0.25, -0.2) is 0 Å². The van der Waals surface area contributed by atoms with Crippen molar-refractivity contribution in [2.75, 3.05) is 33.5 Å². The van der Waals surface area contributed by atoms with Crippen LogP contribution in [0.2, 0.25) is 0 Å². The van der Waals surface area contributed by atoms with Gasteiger partial charge in [0.1, 0.15) is 18.2 Å². The van der Waals surface area contributed by atoms with Crippen LogP contribution in [-0.2, 0) is 23.7 Å². The van der Waals surface area contributed by atoms with Crippen molar-refractivity contribution >= 4 is 0 Å². The largest absolute Gasteiger partial charge is 0.379 e. The van der Waals surface area contributed by atoms with Gasteiger partial charge in [-0.05, 0) is 24.8 Å². The van der Waals surface area contributed by atoms with E-state index in [1.807, 2.05) is 0 Å². The summed E-state index contributed by atoms with van der Waals surface area (Å²) in [6, 6.07) is -0.602. The van der Waals surface area contributed by atoms with Crippen LogP contribution in [0.25, 0.3) is 10.4 Å². The molecule has 0 N–H and O–H groups in total. The van der Waals surface area contributed by atoms with Gasteiger partial charge in [-0.1, -0.05) is 45.1 Å². The highest BCUT2D eigenvalue weighted by Gasteiger charge is 2.47. The maximum Gasteiger partial charge on any atom is 0.168 e. The molecule has 0 saturated carbocycles. The molecular formula is C19H37N3O5. The first-order valence-electron chi connectivity index (χ1n) is 10.3. The van der Waals surface area contributed by atoms with Crippen molar-refractivity contribution in [2.45, 2.75) is 89.9 Å². The minimum Gasteiger partial charge on any atom is -0.379 e. The summed E-state index contributed by atoms with van der Waals surface area (Å²) in [6.45, 7) is 8.60. The fourth-order valence-corrected chi connectivity index (χ4v) is 2.97. The van der Waals surface area contributed by atoms with Crippen LogP contribution in [0.1, 0.15) is 59.3 Å². The SMILES string of the molecule is CCCCOC[C@H]1O[C@@H](OC)[C@@H](N=[N+]=[N-])[C@@H](OCCCC)[C@H]1OCCCC. The molecule has 0 aromatic rings. The Balaban J connectivity index is 2.94. The molecule has 0 aromatic heterocycles. The molecule has 1 aliphatic rings. The number of hydrogen-bond acceptors (Lipinski definition) is 6. The van der Waals surface area contributed by atoms with E-state index in [0.717, 1.165) is 38.5 Å². The van der Waals surface area contributed by atoms with E-state index in [1.54, 1.807) is 7.11 Å².